The average molecular weight is 453 g/mol. The standard InChI is InChI=1S/C25H28N2O6/c1-5-7-18-10-15(11-19(32-6-2)22(18)33-14(3)25(30)31-4)13-26-27-23(28)20-16-8-9-17(12-16)21(20)24(27)29/h5,8-11,13-14,16-17,20-21H,1,6-7,12H2,2-4H3. The Balaban J connectivity index is 1.62. The molecule has 2 fully saturated rings. The summed E-state index contributed by atoms with van der Waals surface area (Å²) < 4.78 is 16.4. The van der Waals surface area contributed by atoms with Gasteiger partial charge < -0.3 is 14.2 Å². The van der Waals surface area contributed by atoms with E-state index in [4.69, 9.17) is 14.2 Å². The molecule has 33 heavy (non-hydrogen) atoms. The fourth-order valence-electron chi connectivity index (χ4n) is 4.98. The number of amides is 2. The third-order valence-electron chi connectivity index (χ3n) is 6.42. The van der Waals surface area contributed by atoms with Gasteiger partial charge in [0, 0.05) is 5.56 Å². The van der Waals surface area contributed by atoms with Crippen LogP contribution in [0.1, 0.15) is 31.4 Å². The number of benzene rings is 1. The Kier molecular flexibility index (Phi) is 6.35. The monoisotopic (exact) mass is 452 g/mol. The number of rotatable bonds is 9. The quantitative estimate of drug-likeness (QED) is 0.248. The van der Waals surface area contributed by atoms with E-state index in [-0.39, 0.29) is 35.5 Å². The van der Waals surface area contributed by atoms with E-state index < -0.39 is 12.1 Å². The first-order chi connectivity index (χ1) is 15.9. The van der Waals surface area contributed by atoms with Gasteiger partial charge in [0.25, 0.3) is 11.8 Å². The number of ether oxygens (including phenoxy) is 3. The molecule has 2 amide bonds. The highest BCUT2D eigenvalue weighted by Crippen LogP contribution is 2.52. The minimum atomic E-state index is -0.833. The highest BCUT2D eigenvalue weighted by molar-refractivity contribution is 6.06. The molecule has 2 aliphatic carbocycles. The van der Waals surface area contributed by atoms with Crippen molar-refractivity contribution in [2.75, 3.05) is 13.7 Å². The number of hydrogen-bond acceptors (Lipinski definition) is 7. The van der Waals surface area contributed by atoms with Crippen LogP contribution in [-0.2, 0) is 25.5 Å². The topological polar surface area (TPSA) is 94.5 Å². The zero-order valence-electron chi connectivity index (χ0n) is 19.0. The van der Waals surface area contributed by atoms with Crippen molar-refractivity contribution in [2.45, 2.75) is 32.8 Å². The molecule has 1 saturated carbocycles. The van der Waals surface area contributed by atoms with Gasteiger partial charge in [-0.25, -0.2) is 4.79 Å². The molecule has 2 bridgehead atoms. The maximum absolute atomic E-state index is 12.9. The lowest BCUT2D eigenvalue weighted by Crippen LogP contribution is -2.28. The molecule has 0 spiro atoms. The fourth-order valence-corrected chi connectivity index (χ4v) is 4.98. The summed E-state index contributed by atoms with van der Waals surface area (Å²) in [6, 6.07) is 3.51. The lowest BCUT2D eigenvalue weighted by atomic mass is 9.85. The number of carbonyl (C=O) groups excluding carboxylic acids is 3. The van der Waals surface area contributed by atoms with E-state index in [0.717, 1.165) is 17.0 Å². The molecule has 1 heterocycles. The van der Waals surface area contributed by atoms with Crippen molar-refractivity contribution in [2.24, 2.45) is 28.8 Å². The smallest absolute Gasteiger partial charge is 0.346 e. The molecule has 1 aromatic carbocycles. The molecule has 1 aromatic rings. The van der Waals surface area contributed by atoms with Crippen LogP contribution in [0.25, 0.3) is 0 Å². The number of hydrogen-bond donors (Lipinski definition) is 0. The third kappa shape index (κ3) is 4.05. The van der Waals surface area contributed by atoms with Gasteiger partial charge in [0.1, 0.15) is 0 Å². The summed E-state index contributed by atoms with van der Waals surface area (Å²) in [7, 11) is 1.30. The predicted octanol–water partition coefficient (Wildman–Crippen LogP) is 2.90. The number of fused-ring (bicyclic) bond motifs is 5. The van der Waals surface area contributed by atoms with Crippen LogP contribution in [-0.4, -0.2) is 48.8 Å². The zero-order valence-corrected chi connectivity index (χ0v) is 19.0. The molecule has 4 rings (SSSR count). The maximum atomic E-state index is 12.9. The van der Waals surface area contributed by atoms with Crippen LogP contribution in [0.3, 0.4) is 0 Å². The van der Waals surface area contributed by atoms with Crippen LogP contribution < -0.4 is 9.47 Å². The van der Waals surface area contributed by atoms with Crippen LogP contribution >= 0.6 is 0 Å². The van der Waals surface area contributed by atoms with Crippen molar-refractivity contribution < 1.29 is 28.6 Å². The molecule has 0 N–H and O–H groups in total. The molecule has 3 aliphatic rings. The molecule has 5 unspecified atom stereocenters. The summed E-state index contributed by atoms with van der Waals surface area (Å²) >= 11 is 0. The Morgan fingerprint density at radius 2 is 1.91 bits per heavy atom. The first kappa shape index (κ1) is 22.8. The number of allylic oxidation sites excluding steroid dienone is 3. The van der Waals surface area contributed by atoms with Crippen LogP contribution in [0.5, 0.6) is 11.5 Å². The summed E-state index contributed by atoms with van der Waals surface area (Å²) in [6.45, 7) is 7.60. The van der Waals surface area contributed by atoms with E-state index in [1.165, 1.54) is 13.3 Å². The largest absolute Gasteiger partial charge is 0.490 e. The molecule has 174 valence electrons. The van der Waals surface area contributed by atoms with E-state index in [2.05, 4.69) is 11.7 Å². The Morgan fingerprint density at radius 1 is 1.24 bits per heavy atom. The summed E-state index contributed by atoms with van der Waals surface area (Å²) in [5, 5.41) is 5.27. The molecular formula is C25H28N2O6. The molecule has 8 heteroatoms. The van der Waals surface area contributed by atoms with E-state index >= 15 is 0 Å². The second-order valence-corrected chi connectivity index (χ2v) is 8.45. The van der Waals surface area contributed by atoms with Crippen LogP contribution in [0.15, 0.2) is 42.0 Å². The summed E-state index contributed by atoms with van der Waals surface area (Å²) in [5.74, 6) is -0.465. The third-order valence-corrected chi connectivity index (χ3v) is 6.42. The fraction of sp³-hybridized carbons (Fsp3) is 0.440. The number of imide groups is 1. The minimum absolute atomic E-state index is 0.133. The Bertz CT molecular complexity index is 1020. The first-order valence-corrected chi connectivity index (χ1v) is 11.1. The number of methoxy groups -OCH3 is 1. The molecule has 1 aliphatic heterocycles. The van der Waals surface area contributed by atoms with E-state index in [1.54, 1.807) is 19.1 Å². The lowest BCUT2D eigenvalue weighted by Gasteiger charge is -2.19. The zero-order chi connectivity index (χ0) is 23.7. The molecule has 0 aromatic heterocycles. The minimum Gasteiger partial charge on any atom is -0.490 e. The van der Waals surface area contributed by atoms with Crippen LogP contribution in [0, 0.1) is 23.7 Å². The normalized spacial score (nSPS) is 26.1. The Labute approximate surface area is 192 Å². The summed E-state index contributed by atoms with van der Waals surface area (Å²) in [6.07, 6.45) is 7.78. The van der Waals surface area contributed by atoms with Crippen molar-refractivity contribution in [3.05, 3.63) is 48.1 Å². The van der Waals surface area contributed by atoms with Crippen molar-refractivity contribution in [1.82, 2.24) is 5.01 Å². The molecule has 5 atom stereocenters. The number of hydrazone groups is 1. The highest BCUT2D eigenvalue weighted by atomic mass is 16.6. The molecule has 0 radical (unpaired) electrons. The second-order valence-electron chi connectivity index (χ2n) is 8.45. The van der Waals surface area contributed by atoms with Crippen molar-refractivity contribution in [1.29, 1.82) is 0 Å². The van der Waals surface area contributed by atoms with Gasteiger partial charge in [-0.2, -0.15) is 10.1 Å². The van der Waals surface area contributed by atoms with Crippen molar-refractivity contribution in [3.63, 3.8) is 0 Å². The molecular weight excluding hydrogens is 424 g/mol. The Hall–Kier alpha value is -3.42. The maximum Gasteiger partial charge on any atom is 0.346 e. The van der Waals surface area contributed by atoms with Crippen molar-refractivity contribution >= 4 is 24.0 Å². The molecule has 8 nitrogen and oxygen atoms in total. The van der Waals surface area contributed by atoms with Crippen LogP contribution in [0.2, 0.25) is 0 Å². The van der Waals surface area contributed by atoms with E-state index in [9.17, 15) is 14.4 Å². The summed E-state index contributed by atoms with van der Waals surface area (Å²) in [5.41, 5.74) is 1.36. The lowest BCUT2D eigenvalue weighted by molar-refractivity contribution is -0.148. The number of nitrogens with zero attached hydrogens (tertiary/aromatic N) is 2. The average Bonchev–Trinajstić information content (AvgIpc) is 3.48. The summed E-state index contributed by atoms with van der Waals surface area (Å²) in [4.78, 5) is 37.6. The van der Waals surface area contributed by atoms with Crippen LogP contribution in [0.4, 0.5) is 0 Å². The van der Waals surface area contributed by atoms with Gasteiger partial charge in [-0.15, -0.1) is 6.58 Å². The Morgan fingerprint density at radius 3 is 2.48 bits per heavy atom. The second kappa shape index (κ2) is 9.21. The predicted molar refractivity (Wildman–Crippen MR) is 121 cm³/mol. The van der Waals surface area contributed by atoms with Gasteiger partial charge in [0.2, 0.25) is 0 Å². The SMILES string of the molecule is C=CCc1cc(C=NN2C(=O)C3C4C=CC(C4)C3C2=O)cc(OCC)c1OC(C)C(=O)OC. The van der Waals surface area contributed by atoms with Gasteiger partial charge in [-0.05, 0) is 56.2 Å². The van der Waals surface area contributed by atoms with E-state index in [1.807, 2.05) is 25.1 Å². The van der Waals surface area contributed by atoms with Gasteiger partial charge in [0.15, 0.2) is 17.6 Å². The number of carbonyl (C=O) groups is 3. The first-order valence-electron chi connectivity index (χ1n) is 11.1. The van der Waals surface area contributed by atoms with E-state index in [0.29, 0.717) is 30.1 Å². The van der Waals surface area contributed by atoms with Crippen molar-refractivity contribution in [3.8, 4) is 11.5 Å². The number of esters is 1. The van der Waals surface area contributed by atoms with Gasteiger partial charge in [0.05, 0.1) is 31.8 Å². The van der Waals surface area contributed by atoms with Gasteiger partial charge in [-0.3, -0.25) is 9.59 Å². The van der Waals surface area contributed by atoms with Gasteiger partial charge in [-0.1, -0.05) is 18.2 Å². The molecule has 1 saturated heterocycles. The highest BCUT2D eigenvalue weighted by Gasteiger charge is 2.59. The van der Waals surface area contributed by atoms with Gasteiger partial charge >= 0.3 is 5.97 Å².